The smallest absolute Gasteiger partial charge is 0.0587 e. The first-order chi connectivity index (χ1) is 5.38. The Morgan fingerprint density at radius 2 is 2.45 bits per heavy atom. The van der Waals surface area contributed by atoms with E-state index in [-0.39, 0.29) is 0 Å². The van der Waals surface area contributed by atoms with Gasteiger partial charge >= 0.3 is 0 Å². The van der Waals surface area contributed by atoms with Gasteiger partial charge in [0, 0.05) is 12.6 Å². The predicted molar refractivity (Wildman–Crippen MR) is 46.5 cm³/mol. The highest BCUT2D eigenvalue weighted by molar-refractivity contribution is 4.87. The highest BCUT2D eigenvalue weighted by Crippen LogP contribution is 2.15. The predicted octanol–water partition coefficient (Wildman–Crippen LogP) is 1.02. The van der Waals surface area contributed by atoms with Crippen molar-refractivity contribution >= 4 is 0 Å². The Bertz CT molecular complexity index is 134. The SMILES string of the molecule is CC=CCN1CCCC1CO. The third kappa shape index (κ3) is 2.31. The van der Waals surface area contributed by atoms with Crippen LogP contribution in [0.4, 0.5) is 0 Å². The summed E-state index contributed by atoms with van der Waals surface area (Å²) in [5.41, 5.74) is 0. The lowest BCUT2D eigenvalue weighted by Gasteiger charge is -2.20. The van der Waals surface area contributed by atoms with Crippen LogP contribution in [-0.2, 0) is 0 Å². The van der Waals surface area contributed by atoms with Crippen molar-refractivity contribution in [2.75, 3.05) is 19.7 Å². The average molecular weight is 155 g/mol. The van der Waals surface area contributed by atoms with E-state index in [1.165, 1.54) is 6.42 Å². The molecule has 1 saturated heterocycles. The zero-order valence-corrected chi connectivity index (χ0v) is 7.16. The summed E-state index contributed by atoms with van der Waals surface area (Å²) in [6, 6.07) is 0.422. The summed E-state index contributed by atoms with van der Waals surface area (Å²) < 4.78 is 0. The van der Waals surface area contributed by atoms with Crippen LogP contribution in [-0.4, -0.2) is 35.7 Å². The van der Waals surface area contributed by atoms with E-state index in [0.29, 0.717) is 12.6 Å². The van der Waals surface area contributed by atoms with Gasteiger partial charge in [-0.1, -0.05) is 12.2 Å². The molecule has 1 N–H and O–H groups in total. The quantitative estimate of drug-likeness (QED) is 0.615. The molecule has 0 aromatic heterocycles. The van der Waals surface area contributed by atoms with Crippen molar-refractivity contribution in [1.82, 2.24) is 4.90 Å². The maximum Gasteiger partial charge on any atom is 0.0587 e. The fourth-order valence-corrected chi connectivity index (χ4v) is 1.58. The number of hydrogen-bond donors (Lipinski definition) is 1. The van der Waals surface area contributed by atoms with Crippen LogP contribution in [0.2, 0.25) is 0 Å². The van der Waals surface area contributed by atoms with E-state index in [0.717, 1.165) is 19.5 Å². The Balaban J connectivity index is 2.31. The summed E-state index contributed by atoms with van der Waals surface area (Å²) in [5, 5.41) is 8.97. The van der Waals surface area contributed by atoms with Crippen molar-refractivity contribution in [3.63, 3.8) is 0 Å². The minimum absolute atomic E-state index is 0.317. The van der Waals surface area contributed by atoms with E-state index in [4.69, 9.17) is 5.11 Å². The minimum Gasteiger partial charge on any atom is -0.395 e. The van der Waals surface area contributed by atoms with Gasteiger partial charge in [-0.15, -0.1) is 0 Å². The van der Waals surface area contributed by atoms with Gasteiger partial charge < -0.3 is 5.11 Å². The van der Waals surface area contributed by atoms with Crippen molar-refractivity contribution in [3.05, 3.63) is 12.2 Å². The molecule has 1 unspecified atom stereocenters. The Labute approximate surface area is 68.5 Å². The Hall–Kier alpha value is -0.340. The molecule has 0 amide bonds. The molecular formula is C9H17NO. The first-order valence-electron chi connectivity index (χ1n) is 4.34. The molecule has 0 spiro atoms. The lowest BCUT2D eigenvalue weighted by Crippen LogP contribution is -2.32. The molecule has 1 aliphatic rings. The van der Waals surface area contributed by atoms with Crippen LogP contribution in [0.15, 0.2) is 12.2 Å². The van der Waals surface area contributed by atoms with E-state index in [2.05, 4.69) is 17.1 Å². The van der Waals surface area contributed by atoms with Gasteiger partial charge in [0.2, 0.25) is 0 Å². The summed E-state index contributed by atoms with van der Waals surface area (Å²) in [6.07, 6.45) is 6.61. The van der Waals surface area contributed by atoms with Gasteiger partial charge in [-0.2, -0.15) is 0 Å². The number of hydrogen-bond acceptors (Lipinski definition) is 2. The molecule has 0 radical (unpaired) electrons. The molecule has 11 heavy (non-hydrogen) atoms. The van der Waals surface area contributed by atoms with Crippen molar-refractivity contribution in [3.8, 4) is 0 Å². The first kappa shape index (κ1) is 8.75. The third-order valence-electron chi connectivity index (χ3n) is 2.29. The van der Waals surface area contributed by atoms with Crippen LogP contribution in [0.25, 0.3) is 0 Å². The van der Waals surface area contributed by atoms with E-state index in [1.807, 2.05) is 6.92 Å². The van der Waals surface area contributed by atoms with Crippen LogP contribution in [0.1, 0.15) is 19.8 Å². The van der Waals surface area contributed by atoms with Crippen molar-refractivity contribution in [2.45, 2.75) is 25.8 Å². The van der Waals surface area contributed by atoms with Crippen LogP contribution >= 0.6 is 0 Å². The maximum atomic E-state index is 8.97. The second-order valence-corrected chi connectivity index (χ2v) is 3.04. The standard InChI is InChI=1S/C9H17NO/c1-2-3-6-10-7-4-5-9(10)8-11/h2-3,9,11H,4-8H2,1H3. The van der Waals surface area contributed by atoms with Gasteiger partial charge in [0.15, 0.2) is 0 Å². The first-order valence-corrected chi connectivity index (χ1v) is 4.34. The molecule has 0 aromatic carbocycles. The summed E-state index contributed by atoms with van der Waals surface area (Å²) in [4.78, 5) is 2.33. The summed E-state index contributed by atoms with van der Waals surface area (Å²) in [6.45, 7) is 4.50. The van der Waals surface area contributed by atoms with Gasteiger partial charge in [-0.3, -0.25) is 4.90 Å². The van der Waals surface area contributed by atoms with Crippen molar-refractivity contribution in [2.24, 2.45) is 0 Å². The van der Waals surface area contributed by atoms with E-state index in [1.54, 1.807) is 0 Å². The lowest BCUT2D eigenvalue weighted by molar-refractivity contribution is 0.170. The molecule has 0 bridgehead atoms. The Morgan fingerprint density at radius 1 is 1.64 bits per heavy atom. The van der Waals surface area contributed by atoms with Gasteiger partial charge in [-0.05, 0) is 26.3 Å². The van der Waals surface area contributed by atoms with E-state index >= 15 is 0 Å². The molecule has 1 atom stereocenters. The molecule has 2 heteroatoms. The topological polar surface area (TPSA) is 23.5 Å². The van der Waals surface area contributed by atoms with Crippen molar-refractivity contribution in [1.29, 1.82) is 0 Å². The second-order valence-electron chi connectivity index (χ2n) is 3.04. The molecule has 1 aliphatic heterocycles. The fourth-order valence-electron chi connectivity index (χ4n) is 1.58. The van der Waals surface area contributed by atoms with Crippen molar-refractivity contribution < 1.29 is 5.11 Å². The average Bonchev–Trinajstić information content (AvgIpc) is 2.47. The number of likely N-dealkylation sites (tertiary alicyclic amines) is 1. The highest BCUT2D eigenvalue weighted by atomic mass is 16.3. The summed E-state index contributed by atoms with van der Waals surface area (Å²) in [5.74, 6) is 0. The Morgan fingerprint density at radius 3 is 3.09 bits per heavy atom. The molecule has 1 rings (SSSR count). The molecular weight excluding hydrogens is 138 g/mol. The zero-order chi connectivity index (χ0) is 8.10. The molecule has 0 aromatic rings. The number of allylic oxidation sites excluding steroid dienone is 1. The molecule has 64 valence electrons. The lowest BCUT2D eigenvalue weighted by atomic mass is 10.2. The van der Waals surface area contributed by atoms with Gasteiger partial charge in [0.1, 0.15) is 0 Å². The fraction of sp³-hybridized carbons (Fsp3) is 0.778. The maximum absolute atomic E-state index is 8.97. The number of rotatable bonds is 3. The van der Waals surface area contributed by atoms with E-state index in [9.17, 15) is 0 Å². The molecule has 0 aliphatic carbocycles. The normalized spacial score (nSPS) is 26.9. The molecule has 2 nitrogen and oxygen atoms in total. The molecule has 1 heterocycles. The number of aliphatic hydroxyl groups is 1. The number of nitrogens with zero attached hydrogens (tertiary/aromatic N) is 1. The van der Waals surface area contributed by atoms with E-state index < -0.39 is 0 Å². The molecule has 0 saturated carbocycles. The minimum atomic E-state index is 0.317. The number of aliphatic hydroxyl groups excluding tert-OH is 1. The molecule has 1 fully saturated rings. The van der Waals surface area contributed by atoms with Gasteiger partial charge in [0.25, 0.3) is 0 Å². The monoisotopic (exact) mass is 155 g/mol. The summed E-state index contributed by atoms with van der Waals surface area (Å²) >= 11 is 0. The van der Waals surface area contributed by atoms with Crippen LogP contribution in [0.3, 0.4) is 0 Å². The van der Waals surface area contributed by atoms with Crippen LogP contribution in [0.5, 0.6) is 0 Å². The highest BCUT2D eigenvalue weighted by Gasteiger charge is 2.21. The second kappa shape index (κ2) is 4.52. The van der Waals surface area contributed by atoms with Gasteiger partial charge in [0.05, 0.1) is 6.61 Å². The largest absolute Gasteiger partial charge is 0.395 e. The van der Waals surface area contributed by atoms with Gasteiger partial charge in [-0.25, -0.2) is 0 Å². The summed E-state index contributed by atoms with van der Waals surface area (Å²) in [7, 11) is 0. The Kier molecular flexibility index (Phi) is 3.60. The third-order valence-corrected chi connectivity index (χ3v) is 2.29. The van der Waals surface area contributed by atoms with Crippen LogP contribution in [0, 0.1) is 0 Å². The van der Waals surface area contributed by atoms with Crippen LogP contribution < -0.4 is 0 Å². The zero-order valence-electron chi connectivity index (χ0n) is 7.16.